The topological polar surface area (TPSA) is 63.2 Å². The number of anilines is 1. The summed E-state index contributed by atoms with van der Waals surface area (Å²) < 4.78 is 4.97. The lowest BCUT2D eigenvalue weighted by atomic mass is 10.2. The lowest BCUT2D eigenvalue weighted by molar-refractivity contribution is 0.0950. The summed E-state index contributed by atoms with van der Waals surface area (Å²) in [5, 5.41) is 6.60. The normalized spacial score (nSPS) is 10.3. The number of pyridine rings is 1. The van der Waals surface area contributed by atoms with Crippen molar-refractivity contribution in [3.8, 4) is 0 Å². The summed E-state index contributed by atoms with van der Waals surface area (Å²) in [6, 6.07) is 9.17. The van der Waals surface area contributed by atoms with Gasteiger partial charge in [0.15, 0.2) is 0 Å². The van der Waals surface area contributed by atoms with Gasteiger partial charge in [-0.15, -0.1) is 0 Å². The van der Waals surface area contributed by atoms with Crippen molar-refractivity contribution >= 4 is 23.2 Å². The summed E-state index contributed by atoms with van der Waals surface area (Å²) in [6.07, 6.45) is 3.20. The molecule has 22 heavy (non-hydrogen) atoms. The van der Waals surface area contributed by atoms with Gasteiger partial charge >= 0.3 is 0 Å². The quantitative estimate of drug-likeness (QED) is 0.770. The molecule has 1 aromatic carbocycles. The van der Waals surface area contributed by atoms with E-state index in [1.54, 1.807) is 25.4 Å². The number of aromatic nitrogens is 1. The van der Waals surface area contributed by atoms with Crippen molar-refractivity contribution < 1.29 is 9.53 Å². The number of carbonyl (C=O) groups excluding carboxylic acids is 1. The molecule has 2 rings (SSSR count). The molecule has 0 fully saturated rings. The molecule has 5 nitrogen and oxygen atoms in total. The van der Waals surface area contributed by atoms with Gasteiger partial charge in [0, 0.05) is 37.6 Å². The van der Waals surface area contributed by atoms with Crippen molar-refractivity contribution in [3.63, 3.8) is 0 Å². The molecule has 6 heteroatoms. The summed E-state index contributed by atoms with van der Waals surface area (Å²) in [5.41, 5.74) is 2.15. The van der Waals surface area contributed by atoms with E-state index in [1.807, 2.05) is 18.2 Å². The van der Waals surface area contributed by atoms with E-state index in [1.165, 1.54) is 6.20 Å². The lowest BCUT2D eigenvalue weighted by Crippen LogP contribution is -2.23. The fourth-order valence-electron chi connectivity index (χ4n) is 1.88. The van der Waals surface area contributed by atoms with Crippen molar-refractivity contribution in [1.29, 1.82) is 0 Å². The van der Waals surface area contributed by atoms with Crippen molar-refractivity contribution in [2.45, 2.75) is 6.54 Å². The fourth-order valence-corrected chi connectivity index (χ4v) is 2.08. The number of hydrogen-bond acceptors (Lipinski definition) is 4. The average Bonchev–Trinajstić information content (AvgIpc) is 2.54. The monoisotopic (exact) mass is 319 g/mol. The Morgan fingerprint density at radius 2 is 2.14 bits per heavy atom. The minimum absolute atomic E-state index is 0.192. The van der Waals surface area contributed by atoms with Crippen LogP contribution in [-0.2, 0) is 11.3 Å². The number of halogens is 1. The van der Waals surface area contributed by atoms with Gasteiger partial charge in [-0.2, -0.15) is 0 Å². The first-order valence-corrected chi connectivity index (χ1v) is 7.28. The van der Waals surface area contributed by atoms with Crippen LogP contribution < -0.4 is 10.6 Å². The second-order valence-electron chi connectivity index (χ2n) is 4.66. The molecule has 0 unspecified atom stereocenters. The van der Waals surface area contributed by atoms with Gasteiger partial charge in [-0.05, 0) is 17.7 Å². The van der Waals surface area contributed by atoms with E-state index in [9.17, 15) is 4.79 Å². The second kappa shape index (κ2) is 8.36. The van der Waals surface area contributed by atoms with Crippen molar-refractivity contribution in [2.24, 2.45) is 0 Å². The van der Waals surface area contributed by atoms with E-state index in [0.717, 1.165) is 11.3 Å². The molecule has 0 saturated heterocycles. The Morgan fingerprint density at radius 3 is 2.91 bits per heavy atom. The number of methoxy groups -OCH3 is 1. The third-order valence-corrected chi connectivity index (χ3v) is 3.40. The number of rotatable bonds is 7. The molecule has 0 aliphatic carbocycles. The van der Waals surface area contributed by atoms with Gasteiger partial charge in [0.1, 0.15) is 0 Å². The molecule has 116 valence electrons. The molecular formula is C16H18ClN3O2. The van der Waals surface area contributed by atoms with Crippen LogP contribution in [0.4, 0.5) is 5.69 Å². The number of carbonyl (C=O) groups is 1. The minimum atomic E-state index is -0.192. The van der Waals surface area contributed by atoms with Crippen molar-refractivity contribution in [1.82, 2.24) is 10.3 Å². The van der Waals surface area contributed by atoms with Crippen LogP contribution in [0.5, 0.6) is 0 Å². The second-order valence-corrected chi connectivity index (χ2v) is 5.06. The first kappa shape index (κ1) is 16.3. The van der Waals surface area contributed by atoms with E-state index in [2.05, 4.69) is 15.6 Å². The molecule has 2 aromatic rings. The number of nitrogens with one attached hydrogen (secondary N) is 2. The van der Waals surface area contributed by atoms with Crippen LogP contribution in [-0.4, -0.2) is 31.2 Å². The molecule has 2 N–H and O–H groups in total. The SMILES string of the molecule is COCCNc1cncc(C(=O)NCc2ccccc2Cl)c1. The summed E-state index contributed by atoms with van der Waals surface area (Å²) in [7, 11) is 1.64. The maximum Gasteiger partial charge on any atom is 0.253 e. The molecule has 1 aromatic heterocycles. The third kappa shape index (κ3) is 4.72. The molecule has 0 spiro atoms. The van der Waals surface area contributed by atoms with Gasteiger partial charge in [0.05, 0.1) is 17.9 Å². The standard InChI is InChI=1S/C16H18ClN3O2/c1-22-7-6-19-14-8-13(9-18-11-14)16(21)20-10-12-4-2-3-5-15(12)17/h2-5,8-9,11,19H,6-7,10H2,1H3,(H,20,21). The molecular weight excluding hydrogens is 302 g/mol. The van der Waals surface area contributed by atoms with E-state index < -0.39 is 0 Å². The zero-order valence-corrected chi connectivity index (χ0v) is 13.1. The average molecular weight is 320 g/mol. The van der Waals surface area contributed by atoms with Crippen LogP contribution in [0.2, 0.25) is 5.02 Å². The Hall–Kier alpha value is -2.11. The molecule has 0 atom stereocenters. The number of amides is 1. The Kier molecular flexibility index (Phi) is 6.18. The highest BCUT2D eigenvalue weighted by atomic mass is 35.5. The van der Waals surface area contributed by atoms with E-state index in [-0.39, 0.29) is 5.91 Å². The van der Waals surface area contributed by atoms with E-state index >= 15 is 0 Å². The van der Waals surface area contributed by atoms with Crippen molar-refractivity contribution in [2.75, 3.05) is 25.6 Å². The number of benzene rings is 1. The summed E-state index contributed by atoms with van der Waals surface area (Å²) in [5.74, 6) is -0.192. The Labute approximate surface area is 134 Å². The summed E-state index contributed by atoms with van der Waals surface area (Å²) in [4.78, 5) is 16.2. The summed E-state index contributed by atoms with van der Waals surface area (Å²) in [6.45, 7) is 1.62. The first-order valence-electron chi connectivity index (χ1n) is 6.90. The smallest absolute Gasteiger partial charge is 0.253 e. The van der Waals surface area contributed by atoms with E-state index in [4.69, 9.17) is 16.3 Å². The molecule has 0 aliphatic heterocycles. The number of hydrogen-bond donors (Lipinski definition) is 2. The Balaban J connectivity index is 1.95. The zero-order chi connectivity index (χ0) is 15.8. The molecule has 0 aliphatic rings. The predicted molar refractivity (Wildman–Crippen MR) is 87.2 cm³/mol. The summed E-state index contributed by atoms with van der Waals surface area (Å²) >= 11 is 6.06. The molecule has 1 amide bonds. The first-order chi connectivity index (χ1) is 10.7. The molecule has 0 bridgehead atoms. The van der Waals surface area contributed by atoms with Crippen LogP contribution in [0, 0.1) is 0 Å². The van der Waals surface area contributed by atoms with Gasteiger partial charge in [-0.1, -0.05) is 29.8 Å². The highest BCUT2D eigenvalue weighted by molar-refractivity contribution is 6.31. The van der Waals surface area contributed by atoms with Gasteiger partial charge in [0.25, 0.3) is 5.91 Å². The van der Waals surface area contributed by atoms with E-state index in [0.29, 0.717) is 30.3 Å². The largest absolute Gasteiger partial charge is 0.383 e. The van der Waals surface area contributed by atoms with Crippen LogP contribution in [0.3, 0.4) is 0 Å². The van der Waals surface area contributed by atoms with Crippen molar-refractivity contribution in [3.05, 3.63) is 58.9 Å². The molecule has 0 saturated carbocycles. The minimum Gasteiger partial charge on any atom is -0.383 e. The highest BCUT2D eigenvalue weighted by Gasteiger charge is 2.08. The number of ether oxygens (including phenoxy) is 1. The molecule has 1 heterocycles. The van der Waals surface area contributed by atoms with Crippen LogP contribution in [0.25, 0.3) is 0 Å². The predicted octanol–water partition coefficient (Wildman–Crippen LogP) is 2.72. The van der Waals surface area contributed by atoms with Gasteiger partial charge in [-0.3, -0.25) is 9.78 Å². The number of nitrogens with zero attached hydrogens (tertiary/aromatic N) is 1. The van der Waals surface area contributed by atoms with Crippen LogP contribution >= 0.6 is 11.6 Å². The van der Waals surface area contributed by atoms with Crippen LogP contribution in [0.1, 0.15) is 15.9 Å². The lowest BCUT2D eigenvalue weighted by Gasteiger charge is -2.09. The molecule has 0 radical (unpaired) electrons. The van der Waals surface area contributed by atoms with Gasteiger partial charge in [0.2, 0.25) is 0 Å². The Morgan fingerprint density at radius 1 is 1.32 bits per heavy atom. The van der Waals surface area contributed by atoms with Gasteiger partial charge in [-0.25, -0.2) is 0 Å². The highest BCUT2D eigenvalue weighted by Crippen LogP contribution is 2.15. The third-order valence-electron chi connectivity index (χ3n) is 3.03. The maximum atomic E-state index is 12.2. The fraction of sp³-hybridized carbons (Fsp3) is 0.250. The maximum absolute atomic E-state index is 12.2. The Bertz CT molecular complexity index is 634. The van der Waals surface area contributed by atoms with Gasteiger partial charge < -0.3 is 15.4 Å². The zero-order valence-electron chi connectivity index (χ0n) is 12.3. The van der Waals surface area contributed by atoms with Crippen LogP contribution in [0.15, 0.2) is 42.7 Å².